The fourth-order valence-corrected chi connectivity index (χ4v) is 5.59. The van der Waals surface area contributed by atoms with E-state index in [1.807, 2.05) is 98.8 Å². The summed E-state index contributed by atoms with van der Waals surface area (Å²) in [7, 11) is 0. The van der Waals surface area contributed by atoms with Gasteiger partial charge >= 0.3 is 6.09 Å². The molecule has 0 unspecified atom stereocenters. The molecule has 0 radical (unpaired) electrons. The minimum Gasteiger partial charge on any atom is -0.444 e. The van der Waals surface area contributed by atoms with Crippen molar-refractivity contribution in [1.29, 1.82) is 0 Å². The lowest BCUT2D eigenvalue weighted by Crippen LogP contribution is -2.53. The van der Waals surface area contributed by atoms with E-state index in [0.717, 1.165) is 22.2 Å². The molecule has 10 nitrogen and oxygen atoms in total. The molecule has 256 valence electrons. The van der Waals surface area contributed by atoms with Crippen LogP contribution in [0.4, 0.5) is 4.79 Å². The molecular weight excluding hydrogens is 606 g/mol. The van der Waals surface area contributed by atoms with Crippen molar-refractivity contribution in [2.45, 2.75) is 90.6 Å². The van der Waals surface area contributed by atoms with Crippen LogP contribution in [0.3, 0.4) is 0 Å². The topological polar surface area (TPSA) is 145 Å². The minimum absolute atomic E-state index is 0.0435. The highest BCUT2D eigenvalue weighted by Gasteiger charge is 2.33. The number of aromatic amines is 1. The molecule has 0 aliphatic carbocycles. The van der Waals surface area contributed by atoms with Crippen molar-refractivity contribution < 1.29 is 24.2 Å². The SMILES string of the molecule is CC[C@H](C)[C@H](NC(=O)[C@H](Cc1ccccc1)C[C@H](O)[C@H](Cc1ccccc1)NC(=O)OC(C)(C)C)C(=O)NCc1nc2ccccc2[nH]1. The van der Waals surface area contributed by atoms with E-state index in [0.29, 0.717) is 25.1 Å². The Morgan fingerprint density at radius 2 is 1.46 bits per heavy atom. The molecule has 5 atom stereocenters. The van der Waals surface area contributed by atoms with E-state index in [-0.39, 0.29) is 30.7 Å². The highest BCUT2D eigenvalue weighted by molar-refractivity contribution is 5.89. The molecule has 4 aromatic rings. The van der Waals surface area contributed by atoms with Gasteiger partial charge in [-0.2, -0.15) is 0 Å². The number of para-hydroxylation sites is 2. The van der Waals surface area contributed by atoms with Gasteiger partial charge in [0.1, 0.15) is 17.5 Å². The highest BCUT2D eigenvalue weighted by Crippen LogP contribution is 2.21. The molecule has 3 amide bonds. The lowest BCUT2D eigenvalue weighted by atomic mass is 9.88. The summed E-state index contributed by atoms with van der Waals surface area (Å²) >= 11 is 0. The summed E-state index contributed by atoms with van der Waals surface area (Å²) in [6.07, 6.45) is -0.371. The van der Waals surface area contributed by atoms with Gasteiger partial charge < -0.3 is 30.8 Å². The fraction of sp³-hybridized carbons (Fsp3) is 0.421. The number of H-pyrrole nitrogens is 1. The van der Waals surface area contributed by atoms with E-state index in [4.69, 9.17) is 4.74 Å². The van der Waals surface area contributed by atoms with Crippen molar-refractivity contribution in [3.8, 4) is 0 Å². The second-order valence-corrected chi connectivity index (χ2v) is 13.4. The van der Waals surface area contributed by atoms with Crippen LogP contribution in [0.15, 0.2) is 84.9 Å². The average molecular weight is 656 g/mol. The Hall–Kier alpha value is -4.70. The molecule has 0 saturated heterocycles. The Balaban J connectivity index is 1.52. The molecule has 10 heteroatoms. The number of benzene rings is 3. The van der Waals surface area contributed by atoms with Crippen LogP contribution in [0.2, 0.25) is 0 Å². The molecule has 0 saturated carbocycles. The van der Waals surface area contributed by atoms with Gasteiger partial charge in [-0.3, -0.25) is 9.59 Å². The van der Waals surface area contributed by atoms with Crippen LogP contribution < -0.4 is 16.0 Å². The van der Waals surface area contributed by atoms with E-state index in [1.165, 1.54) is 0 Å². The zero-order valence-corrected chi connectivity index (χ0v) is 28.5. The van der Waals surface area contributed by atoms with Crippen molar-refractivity contribution in [1.82, 2.24) is 25.9 Å². The second-order valence-electron chi connectivity index (χ2n) is 13.4. The largest absolute Gasteiger partial charge is 0.444 e. The Kier molecular flexibility index (Phi) is 12.7. The zero-order valence-electron chi connectivity index (χ0n) is 28.5. The van der Waals surface area contributed by atoms with E-state index in [2.05, 4.69) is 25.9 Å². The van der Waals surface area contributed by atoms with Gasteiger partial charge in [-0.1, -0.05) is 93.1 Å². The molecule has 3 aromatic carbocycles. The molecule has 1 heterocycles. The summed E-state index contributed by atoms with van der Waals surface area (Å²) < 4.78 is 5.50. The van der Waals surface area contributed by atoms with Crippen molar-refractivity contribution in [2.75, 3.05) is 0 Å². The number of hydrogen-bond acceptors (Lipinski definition) is 6. The van der Waals surface area contributed by atoms with E-state index in [1.54, 1.807) is 20.8 Å². The Morgan fingerprint density at radius 3 is 2.06 bits per heavy atom. The number of aliphatic hydroxyl groups is 1. The number of hydrogen-bond donors (Lipinski definition) is 5. The van der Waals surface area contributed by atoms with Crippen molar-refractivity contribution >= 4 is 28.9 Å². The first-order valence-electron chi connectivity index (χ1n) is 16.7. The molecular formula is C38H49N5O5. The van der Waals surface area contributed by atoms with Gasteiger partial charge in [-0.05, 0) is 69.2 Å². The maximum absolute atomic E-state index is 14.1. The third-order valence-electron chi connectivity index (χ3n) is 8.35. The van der Waals surface area contributed by atoms with Crippen LogP contribution in [-0.2, 0) is 33.7 Å². The number of nitrogens with one attached hydrogen (secondary N) is 4. The third-order valence-corrected chi connectivity index (χ3v) is 8.35. The standard InChI is InChI=1S/C38H49N5O5/c1-6-25(2)34(36(46)39-24-33-40-29-19-13-14-20-30(29)41-33)43-35(45)28(21-26-15-9-7-10-16-26)23-32(44)31(22-27-17-11-8-12-18-27)42-37(47)48-38(3,4)5/h7-20,25,28,31-32,34,44H,6,21-24H2,1-5H3,(H,39,46)(H,40,41)(H,42,47)(H,43,45)/t25-,28+,31-,32-,34-/m0/s1. The van der Waals surface area contributed by atoms with Crippen LogP contribution >= 0.6 is 0 Å². The number of carbonyl (C=O) groups is 3. The number of imidazole rings is 1. The molecule has 4 rings (SSSR count). The van der Waals surface area contributed by atoms with Gasteiger partial charge in [0.15, 0.2) is 0 Å². The second kappa shape index (κ2) is 16.9. The summed E-state index contributed by atoms with van der Waals surface area (Å²) in [5, 5.41) is 20.4. The number of ether oxygens (including phenoxy) is 1. The maximum atomic E-state index is 14.1. The summed E-state index contributed by atoms with van der Waals surface area (Å²) in [5.41, 5.74) is 2.79. The predicted molar refractivity (Wildman–Crippen MR) is 187 cm³/mol. The molecule has 5 N–H and O–H groups in total. The number of aromatic nitrogens is 2. The van der Waals surface area contributed by atoms with Crippen molar-refractivity contribution in [3.05, 3.63) is 102 Å². The Morgan fingerprint density at radius 1 is 0.854 bits per heavy atom. The van der Waals surface area contributed by atoms with Crippen LogP contribution in [0.25, 0.3) is 11.0 Å². The van der Waals surface area contributed by atoms with Gasteiger partial charge in [-0.15, -0.1) is 0 Å². The quantitative estimate of drug-likeness (QED) is 0.115. The molecule has 1 aromatic heterocycles. The fourth-order valence-electron chi connectivity index (χ4n) is 5.59. The number of fused-ring (bicyclic) bond motifs is 1. The number of nitrogens with zero attached hydrogens (tertiary/aromatic N) is 1. The van der Waals surface area contributed by atoms with Gasteiger partial charge in [0, 0.05) is 5.92 Å². The Bertz CT molecular complexity index is 1590. The monoisotopic (exact) mass is 655 g/mol. The van der Waals surface area contributed by atoms with E-state index in [9.17, 15) is 19.5 Å². The van der Waals surface area contributed by atoms with Crippen molar-refractivity contribution in [3.63, 3.8) is 0 Å². The predicted octanol–water partition coefficient (Wildman–Crippen LogP) is 5.46. The van der Waals surface area contributed by atoms with E-state index >= 15 is 0 Å². The summed E-state index contributed by atoms with van der Waals surface area (Å²) in [6.45, 7) is 9.40. The lowest BCUT2D eigenvalue weighted by molar-refractivity contribution is -0.133. The molecule has 0 spiro atoms. The zero-order chi connectivity index (χ0) is 34.7. The number of alkyl carbamates (subject to hydrolysis) is 1. The summed E-state index contributed by atoms with van der Waals surface area (Å²) in [5.74, 6) is -0.906. The van der Waals surface area contributed by atoms with Gasteiger partial charge in [0.05, 0.1) is 29.7 Å². The lowest BCUT2D eigenvalue weighted by Gasteiger charge is -2.30. The smallest absolute Gasteiger partial charge is 0.407 e. The number of carbonyl (C=O) groups excluding carboxylic acids is 3. The van der Waals surface area contributed by atoms with Crippen LogP contribution in [0.5, 0.6) is 0 Å². The first-order chi connectivity index (χ1) is 22.9. The first kappa shape index (κ1) is 36.1. The first-order valence-corrected chi connectivity index (χ1v) is 16.7. The molecule has 0 aliphatic heterocycles. The number of amides is 3. The van der Waals surface area contributed by atoms with Crippen LogP contribution in [0.1, 0.15) is 64.4 Å². The number of rotatable bonds is 15. The average Bonchev–Trinajstić information content (AvgIpc) is 3.48. The van der Waals surface area contributed by atoms with Crippen LogP contribution in [0, 0.1) is 11.8 Å². The van der Waals surface area contributed by atoms with Gasteiger partial charge in [0.2, 0.25) is 11.8 Å². The van der Waals surface area contributed by atoms with Gasteiger partial charge in [0.25, 0.3) is 0 Å². The van der Waals surface area contributed by atoms with Crippen LogP contribution in [-0.4, -0.2) is 56.8 Å². The third kappa shape index (κ3) is 10.9. The molecule has 0 fully saturated rings. The Labute approximate surface area is 283 Å². The molecule has 0 aliphatic rings. The van der Waals surface area contributed by atoms with Gasteiger partial charge in [-0.25, -0.2) is 9.78 Å². The minimum atomic E-state index is -1.10. The maximum Gasteiger partial charge on any atom is 0.407 e. The van der Waals surface area contributed by atoms with E-state index < -0.39 is 35.8 Å². The highest BCUT2D eigenvalue weighted by atomic mass is 16.6. The van der Waals surface area contributed by atoms with Crippen molar-refractivity contribution in [2.24, 2.45) is 11.8 Å². The summed E-state index contributed by atoms with van der Waals surface area (Å²) in [4.78, 5) is 48.2. The normalized spacial score (nSPS) is 14.7. The molecule has 0 bridgehead atoms. The number of aliphatic hydroxyl groups excluding tert-OH is 1. The summed E-state index contributed by atoms with van der Waals surface area (Å²) in [6, 6.07) is 25.2. The molecule has 48 heavy (non-hydrogen) atoms.